The first-order chi connectivity index (χ1) is 14.5. The Morgan fingerprint density at radius 3 is 2.37 bits per heavy atom. The van der Waals surface area contributed by atoms with E-state index in [-0.39, 0.29) is 5.69 Å². The Morgan fingerprint density at radius 2 is 1.80 bits per heavy atom. The van der Waals surface area contributed by atoms with Gasteiger partial charge in [0.2, 0.25) is 11.7 Å². The highest BCUT2D eigenvalue weighted by Crippen LogP contribution is 2.38. The molecule has 30 heavy (non-hydrogen) atoms. The van der Waals surface area contributed by atoms with Crippen LogP contribution in [0.3, 0.4) is 0 Å². The second-order valence-corrected chi connectivity index (χ2v) is 6.08. The van der Waals surface area contributed by atoms with Crippen LogP contribution >= 0.6 is 0 Å². The van der Waals surface area contributed by atoms with E-state index in [1.54, 1.807) is 25.1 Å². The number of anilines is 1. The van der Waals surface area contributed by atoms with Crippen LogP contribution in [0.15, 0.2) is 36.4 Å². The molecular weight excluding hydrogens is 393 g/mol. The van der Waals surface area contributed by atoms with Crippen molar-refractivity contribution < 1.29 is 23.4 Å². The molecule has 0 radical (unpaired) electrons. The number of carbonyl (C=O) groups excluding carboxylic acids is 1. The summed E-state index contributed by atoms with van der Waals surface area (Å²) in [5.41, 5.74) is 1.16. The molecule has 3 aromatic rings. The Balaban J connectivity index is 1.81. The average molecular weight is 413 g/mol. The van der Waals surface area contributed by atoms with E-state index in [1.165, 1.54) is 50.3 Å². The molecule has 0 aliphatic heterocycles. The molecule has 0 saturated carbocycles. The predicted molar refractivity (Wildman–Crippen MR) is 108 cm³/mol. The number of hydrogen-bond acceptors (Lipinski definition) is 7. The van der Waals surface area contributed by atoms with Crippen molar-refractivity contribution in [3.05, 3.63) is 53.6 Å². The number of aromatic nitrogens is 4. The van der Waals surface area contributed by atoms with Crippen molar-refractivity contribution in [1.82, 2.24) is 20.2 Å². The first-order valence-electron chi connectivity index (χ1n) is 8.80. The molecule has 0 atom stereocenters. The number of ether oxygens (including phenoxy) is 3. The summed E-state index contributed by atoms with van der Waals surface area (Å²) >= 11 is 0. The molecule has 0 spiro atoms. The molecule has 9 nitrogen and oxygen atoms in total. The summed E-state index contributed by atoms with van der Waals surface area (Å²) in [6.07, 6.45) is 2.82. The Bertz CT molecular complexity index is 1070. The van der Waals surface area contributed by atoms with E-state index < -0.39 is 11.7 Å². The molecule has 0 fully saturated rings. The molecule has 1 aromatic heterocycles. The van der Waals surface area contributed by atoms with Crippen LogP contribution in [0.4, 0.5) is 10.1 Å². The molecule has 0 unspecified atom stereocenters. The summed E-state index contributed by atoms with van der Waals surface area (Å²) in [7, 11) is 4.50. The van der Waals surface area contributed by atoms with Gasteiger partial charge in [-0.1, -0.05) is 0 Å². The molecule has 0 aliphatic rings. The number of nitrogens with one attached hydrogen (secondary N) is 1. The van der Waals surface area contributed by atoms with Crippen molar-refractivity contribution in [2.75, 3.05) is 26.6 Å². The minimum absolute atomic E-state index is 0.00180. The van der Waals surface area contributed by atoms with Gasteiger partial charge in [0.25, 0.3) is 0 Å². The summed E-state index contributed by atoms with van der Waals surface area (Å²) in [6, 6.07) is 7.57. The fourth-order valence-corrected chi connectivity index (χ4v) is 2.75. The number of amides is 1. The zero-order valence-electron chi connectivity index (χ0n) is 16.8. The van der Waals surface area contributed by atoms with Gasteiger partial charge in [0, 0.05) is 6.08 Å². The van der Waals surface area contributed by atoms with E-state index in [1.807, 2.05) is 0 Å². The van der Waals surface area contributed by atoms with Gasteiger partial charge in [0.1, 0.15) is 5.82 Å². The molecule has 3 rings (SSSR count). The van der Waals surface area contributed by atoms with Gasteiger partial charge in [-0.2, -0.15) is 4.68 Å². The fourth-order valence-electron chi connectivity index (χ4n) is 2.75. The van der Waals surface area contributed by atoms with Gasteiger partial charge in [0.15, 0.2) is 17.3 Å². The van der Waals surface area contributed by atoms with Crippen LogP contribution in [0.1, 0.15) is 11.4 Å². The lowest BCUT2D eigenvalue weighted by Gasteiger charge is -2.12. The first kappa shape index (κ1) is 20.8. The lowest BCUT2D eigenvalue weighted by Crippen LogP contribution is -2.10. The lowest BCUT2D eigenvalue weighted by atomic mass is 10.1. The van der Waals surface area contributed by atoms with Crippen LogP contribution in [-0.2, 0) is 4.79 Å². The quantitative estimate of drug-likeness (QED) is 0.595. The number of benzene rings is 2. The van der Waals surface area contributed by atoms with Crippen LogP contribution in [0, 0.1) is 12.7 Å². The summed E-state index contributed by atoms with van der Waals surface area (Å²) in [4.78, 5) is 12.3. The highest BCUT2D eigenvalue weighted by atomic mass is 19.1. The van der Waals surface area contributed by atoms with E-state index in [0.29, 0.717) is 34.3 Å². The molecule has 0 aliphatic carbocycles. The fraction of sp³-hybridized carbons (Fsp3) is 0.200. The minimum Gasteiger partial charge on any atom is -0.493 e. The summed E-state index contributed by atoms with van der Waals surface area (Å²) in [5, 5.41) is 13.7. The van der Waals surface area contributed by atoms with Crippen LogP contribution in [-0.4, -0.2) is 47.4 Å². The highest BCUT2D eigenvalue weighted by molar-refractivity contribution is 6.02. The number of hydrogen-bond donors (Lipinski definition) is 1. The third kappa shape index (κ3) is 4.37. The molecule has 156 valence electrons. The van der Waals surface area contributed by atoms with Crippen molar-refractivity contribution in [3.8, 4) is 22.9 Å². The van der Waals surface area contributed by atoms with E-state index in [0.717, 1.165) is 0 Å². The Morgan fingerprint density at radius 1 is 1.10 bits per heavy atom. The number of halogens is 1. The molecule has 1 heterocycles. The standard InChI is InChI=1S/C20H20FN5O4/c1-12-23-24-25-26(12)14-6-7-15(21)16(11-14)22-19(27)8-5-13-9-17(28-2)20(30-4)18(10-13)29-3/h5-11H,1-4H3,(H,22,27)/b8-5+. The van der Waals surface area contributed by atoms with Crippen molar-refractivity contribution in [1.29, 1.82) is 0 Å². The molecule has 2 aromatic carbocycles. The maximum absolute atomic E-state index is 14.2. The van der Waals surface area contributed by atoms with Crippen LogP contribution in [0.5, 0.6) is 17.2 Å². The molecule has 0 bridgehead atoms. The minimum atomic E-state index is -0.584. The summed E-state index contributed by atoms with van der Waals surface area (Å²) in [6.45, 7) is 1.71. The van der Waals surface area contributed by atoms with Gasteiger partial charge in [-0.15, -0.1) is 5.10 Å². The molecule has 1 N–H and O–H groups in total. The van der Waals surface area contributed by atoms with Gasteiger partial charge < -0.3 is 19.5 Å². The van der Waals surface area contributed by atoms with Gasteiger partial charge in [-0.3, -0.25) is 4.79 Å². The van der Waals surface area contributed by atoms with E-state index in [2.05, 4.69) is 20.8 Å². The number of aryl methyl sites for hydroxylation is 1. The number of nitrogens with zero attached hydrogens (tertiary/aromatic N) is 4. The first-order valence-corrected chi connectivity index (χ1v) is 8.80. The summed E-state index contributed by atoms with van der Waals surface area (Å²) < 4.78 is 31.4. The number of tetrazole rings is 1. The number of rotatable bonds is 7. The van der Waals surface area contributed by atoms with Crippen molar-refractivity contribution in [2.45, 2.75) is 6.92 Å². The normalized spacial score (nSPS) is 10.8. The summed E-state index contributed by atoms with van der Waals surface area (Å²) in [5.74, 6) is 0.770. The van der Waals surface area contributed by atoms with Gasteiger partial charge in [-0.05, 0) is 59.3 Å². The van der Waals surface area contributed by atoms with E-state index in [4.69, 9.17) is 14.2 Å². The smallest absolute Gasteiger partial charge is 0.248 e. The third-order valence-corrected chi connectivity index (χ3v) is 4.19. The van der Waals surface area contributed by atoms with Crippen molar-refractivity contribution >= 4 is 17.7 Å². The van der Waals surface area contributed by atoms with Crippen LogP contribution in [0.25, 0.3) is 11.8 Å². The monoisotopic (exact) mass is 413 g/mol. The van der Waals surface area contributed by atoms with Gasteiger partial charge in [0.05, 0.1) is 32.7 Å². The number of methoxy groups -OCH3 is 3. The van der Waals surface area contributed by atoms with E-state index >= 15 is 0 Å². The maximum Gasteiger partial charge on any atom is 0.248 e. The van der Waals surface area contributed by atoms with E-state index in [9.17, 15) is 9.18 Å². The largest absolute Gasteiger partial charge is 0.493 e. The van der Waals surface area contributed by atoms with Gasteiger partial charge >= 0.3 is 0 Å². The van der Waals surface area contributed by atoms with Crippen LogP contribution in [0.2, 0.25) is 0 Å². The maximum atomic E-state index is 14.2. The Labute approximate surface area is 172 Å². The zero-order valence-corrected chi connectivity index (χ0v) is 16.8. The van der Waals surface area contributed by atoms with Gasteiger partial charge in [-0.25, -0.2) is 4.39 Å². The third-order valence-electron chi connectivity index (χ3n) is 4.19. The molecular formula is C20H20FN5O4. The SMILES string of the molecule is COc1cc(/C=C/C(=O)Nc2cc(-n3nnnc3C)ccc2F)cc(OC)c1OC. The second-order valence-electron chi connectivity index (χ2n) is 6.08. The highest BCUT2D eigenvalue weighted by Gasteiger charge is 2.13. The lowest BCUT2D eigenvalue weighted by molar-refractivity contribution is -0.111. The second kappa shape index (κ2) is 9.03. The Hall–Kier alpha value is -3.95. The van der Waals surface area contributed by atoms with Crippen molar-refractivity contribution in [3.63, 3.8) is 0 Å². The van der Waals surface area contributed by atoms with Crippen LogP contribution < -0.4 is 19.5 Å². The van der Waals surface area contributed by atoms with Crippen molar-refractivity contribution in [2.24, 2.45) is 0 Å². The zero-order chi connectivity index (χ0) is 21.7. The number of carbonyl (C=O) groups is 1. The molecule has 10 heteroatoms. The Kier molecular flexibility index (Phi) is 6.26. The molecule has 0 saturated heterocycles. The molecule has 1 amide bonds. The topological polar surface area (TPSA) is 100 Å². The predicted octanol–water partition coefficient (Wildman–Crippen LogP) is 2.79. The average Bonchev–Trinajstić information content (AvgIpc) is 3.18.